The summed E-state index contributed by atoms with van der Waals surface area (Å²) in [6.45, 7) is 14.1. The van der Waals surface area contributed by atoms with Gasteiger partial charge in [0.05, 0.1) is 5.69 Å². The maximum atomic E-state index is 2.67. The lowest BCUT2D eigenvalue weighted by Crippen LogP contribution is -2.87. The molecular formula is C62H54BNSi. The van der Waals surface area contributed by atoms with Crippen LogP contribution in [0.25, 0.3) is 33.4 Å². The molecule has 0 fully saturated rings. The van der Waals surface area contributed by atoms with Crippen molar-refractivity contribution in [1.82, 2.24) is 0 Å². The molecule has 0 N–H and O–H groups in total. The van der Waals surface area contributed by atoms with Gasteiger partial charge in [-0.3, -0.25) is 0 Å². The second kappa shape index (κ2) is 15.6. The maximum absolute atomic E-state index is 3.03. The third-order valence-corrected chi connectivity index (χ3v) is 19.0. The summed E-state index contributed by atoms with van der Waals surface area (Å²) < 4.78 is 0. The van der Waals surface area contributed by atoms with Crippen LogP contribution in [0.2, 0.25) is 0 Å². The molecule has 0 amide bonds. The van der Waals surface area contributed by atoms with Crippen molar-refractivity contribution < 1.29 is 0 Å². The minimum atomic E-state index is -3.03. The van der Waals surface area contributed by atoms with Gasteiger partial charge in [0.25, 0.3) is 0 Å². The molecule has 2 heterocycles. The summed E-state index contributed by atoms with van der Waals surface area (Å²) >= 11 is 0. The first-order chi connectivity index (χ1) is 31.5. The molecule has 0 saturated heterocycles. The Labute approximate surface area is 387 Å². The number of nitrogens with zero attached hydrogens (tertiary/aromatic N) is 1. The normalized spacial score (nSPS) is 13.8. The zero-order chi connectivity index (χ0) is 44.5. The molecule has 1 nitrogen and oxygen atoms in total. The Morgan fingerprint density at radius 1 is 0.369 bits per heavy atom. The van der Waals surface area contributed by atoms with Crippen LogP contribution in [0.15, 0.2) is 218 Å². The van der Waals surface area contributed by atoms with Crippen molar-refractivity contribution in [3.05, 3.63) is 230 Å². The highest BCUT2D eigenvalue weighted by Crippen LogP contribution is 2.48. The Morgan fingerprint density at radius 2 is 0.831 bits per heavy atom. The van der Waals surface area contributed by atoms with E-state index in [1.165, 1.54) is 98.7 Å². The number of benzene rings is 9. The third kappa shape index (κ3) is 6.67. The van der Waals surface area contributed by atoms with Crippen LogP contribution < -0.4 is 42.0 Å². The SMILES string of the molecule is CC(C)(C)c1cc(-c2cc3c4c(c2)[Si](c2ccccc2)(c2ccccc2)c2ccccc2B4c2ccccc2N3c2c(-c3ccccc3)cccc2-c2ccccc2)cc(C(C)(C)C)c1. The van der Waals surface area contributed by atoms with Crippen LogP contribution >= 0.6 is 0 Å². The number of fused-ring (bicyclic) bond motifs is 4. The molecule has 11 rings (SSSR count). The highest BCUT2D eigenvalue weighted by Gasteiger charge is 2.53. The summed E-state index contributed by atoms with van der Waals surface area (Å²) in [5.41, 5.74) is 17.7. The van der Waals surface area contributed by atoms with Gasteiger partial charge in [-0.15, -0.1) is 0 Å². The summed E-state index contributed by atoms with van der Waals surface area (Å²) in [6, 6.07) is 83.3. The Balaban J connectivity index is 1.36. The Kier molecular flexibility index (Phi) is 9.82. The summed E-state index contributed by atoms with van der Waals surface area (Å²) in [6.07, 6.45) is 0. The summed E-state index contributed by atoms with van der Waals surface area (Å²) in [5, 5.41) is 5.72. The van der Waals surface area contributed by atoms with Crippen molar-refractivity contribution in [1.29, 1.82) is 0 Å². The van der Waals surface area contributed by atoms with Gasteiger partial charge in [-0.25, -0.2) is 0 Å². The molecule has 65 heavy (non-hydrogen) atoms. The highest BCUT2D eigenvalue weighted by atomic mass is 28.3. The first-order valence-electron chi connectivity index (χ1n) is 23.2. The molecule has 0 atom stereocenters. The molecule has 314 valence electrons. The predicted octanol–water partition coefficient (Wildman–Crippen LogP) is 11.3. The van der Waals surface area contributed by atoms with E-state index in [0.29, 0.717) is 0 Å². The molecule has 0 aliphatic carbocycles. The van der Waals surface area contributed by atoms with E-state index in [1.54, 1.807) is 0 Å². The molecule has 9 aromatic carbocycles. The highest BCUT2D eigenvalue weighted by molar-refractivity contribution is 7.26. The molecule has 0 spiro atoms. The van der Waals surface area contributed by atoms with Crippen LogP contribution in [-0.4, -0.2) is 14.8 Å². The van der Waals surface area contributed by atoms with E-state index >= 15 is 0 Å². The fourth-order valence-corrected chi connectivity index (χ4v) is 16.2. The van der Waals surface area contributed by atoms with Crippen LogP contribution in [0.3, 0.4) is 0 Å². The van der Waals surface area contributed by atoms with E-state index < -0.39 is 8.07 Å². The smallest absolute Gasteiger partial charge is 0.246 e. The van der Waals surface area contributed by atoms with Crippen LogP contribution in [0.5, 0.6) is 0 Å². The van der Waals surface area contributed by atoms with Crippen molar-refractivity contribution in [2.45, 2.75) is 52.4 Å². The van der Waals surface area contributed by atoms with Gasteiger partial charge >= 0.3 is 0 Å². The Morgan fingerprint density at radius 3 is 1.37 bits per heavy atom. The number of hydrogen-bond acceptors (Lipinski definition) is 1. The van der Waals surface area contributed by atoms with E-state index in [4.69, 9.17) is 0 Å². The molecule has 0 saturated carbocycles. The molecule has 0 bridgehead atoms. The van der Waals surface area contributed by atoms with Crippen molar-refractivity contribution >= 4 is 69.0 Å². The number of rotatable bonds is 6. The van der Waals surface area contributed by atoms with Gasteiger partial charge in [0.1, 0.15) is 0 Å². The van der Waals surface area contributed by atoms with Gasteiger partial charge in [-0.05, 0) is 88.0 Å². The number of anilines is 3. The second-order valence-electron chi connectivity index (χ2n) is 20.1. The monoisotopic (exact) mass is 851 g/mol. The van der Waals surface area contributed by atoms with E-state index in [1.807, 2.05) is 0 Å². The molecule has 2 aliphatic rings. The van der Waals surface area contributed by atoms with Crippen molar-refractivity contribution in [2.24, 2.45) is 0 Å². The van der Waals surface area contributed by atoms with Gasteiger partial charge in [-0.2, -0.15) is 0 Å². The number of para-hydroxylation sites is 2. The van der Waals surface area contributed by atoms with Gasteiger partial charge in [-0.1, -0.05) is 253 Å². The summed E-state index contributed by atoms with van der Waals surface area (Å²) in [5.74, 6) is 0. The largest absolute Gasteiger partial charge is 0.310 e. The quantitative estimate of drug-likeness (QED) is 0.151. The van der Waals surface area contributed by atoms with E-state index in [0.717, 1.165) is 0 Å². The first kappa shape index (κ1) is 40.8. The zero-order valence-electron chi connectivity index (χ0n) is 38.3. The molecule has 0 unspecified atom stereocenters. The molecular weight excluding hydrogens is 798 g/mol. The van der Waals surface area contributed by atoms with E-state index in [2.05, 4.69) is 265 Å². The zero-order valence-corrected chi connectivity index (χ0v) is 39.3. The minimum absolute atomic E-state index is 0.0286. The molecule has 2 aliphatic heterocycles. The molecule has 0 radical (unpaired) electrons. The van der Waals surface area contributed by atoms with Gasteiger partial charge in [0, 0.05) is 22.5 Å². The van der Waals surface area contributed by atoms with Crippen LogP contribution in [0.4, 0.5) is 17.1 Å². The van der Waals surface area contributed by atoms with E-state index in [9.17, 15) is 0 Å². The molecule has 3 heteroatoms. The van der Waals surface area contributed by atoms with Crippen LogP contribution in [0.1, 0.15) is 52.7 Å². The summed E-state index contributed by atoms with van der Waals surface area (Å²) in [7, 11) is -3.03. The molecule has 0 aromatic heterocycles. The lowest BCUT2D eigenvalue weighted by molar-refractivity contribution is 0.569. The Bertz CT molecular complexity index is 3090. The summed E-state index contributed by atoms with van der Waals surface area (Å²) in [4.78, 5) is 2.67. The average molecular weight is 852 g/mol. The fraction of sp³-hybridized carbons (Fsp3) is 0.129. The van der Waals surface area contributed by atoms with Gasteiger partial charge in [0.15, 0.2) is 8.07 Å². The van der Waals surface area contributed by atoms with Crippen molar-refractivity contribution in [2.75, 3.05) is 4.90 Å². The Hall–Kier alpha value is -6.94. The third-order valence-electron chi connectivity index (χ3n) is 14.1. The number of hydrogen-bond donors (Lipinski definition) is 0. The standard InChI is InChI=1S/C62H54BNSi/c1-61(2,3)47-38-45(39-48(42-47)62(4,5)6)46-40-56-59-58(41-46)65(49-28-15-9-16-29-49,50-30-17-10-18-31-50)57-37-22-20-35-54(57)63(59)53-34-19-21-36-55(53)64(56)60-51(43-24-11-7-12-25-43)32-23-33-52(60)44-26-13-8-14-27-44/h7-42H,1-6H3. The maximum Gasteiger partial charge on any atom is 0.246 e. The van der Waals surface area contributed by atoms with Gasteiger partial charge < -0.3 is 4.90 Å². The minimum Gasteiger partial charge on any atom is -0.310 e. The second-order valence-corrected chi connectivity index (χ2v) is 23.8. The van der Waals surface area contributed by atoms with E-state index in [-0.39, 0.29) is 17.5 Å². The lowest BCUT2D eigenvalue weighted by atomic mass is 9.34. The predicted molar refractivity (Wildman–Crippen MR) is 283 cm³/mol. The topological polar surface area (TPSA) is 3.24 Å². The first-order valence-corrected chi connectivity index (χ1v) is 25.2. The van der Waals surface area contributed by atoms with Gasteiger partial charge in [0.2, 0.25) is 6.71 Å². The van der Waals surface area contributed by atoms with Crippen LogP contribution in [0, 0.1) is 0 Å². The van der Waals surface area contributed by atoms with Crippen LogP contribution in [-0.2, 0) is 10.8 Å². The molecule has 9 aromatic rings. The lowest BCUT2D eigenvalue weighted by Gasteiger charge is -2.48. The van der Waals surface area contributed by atoms with Crippen molar-refractivity contribution in [3.63, 3.8) is 0 Å². The van der Waals surface area contributed by atoms with Crippen molar-refractivity contribution in [3.8, 4) is 33.4 Å². The average Bonchev–Trinajstić information content (AvgIpc) is 3.34. The fourth-order valence-electron chi connectivity index (χ4n) is 10.9.